The molecule has 2 N–H and O–H groups in total. The van der Waals surface area contributed by atoms with Crippen LogP contribution < -0.4 is 5.32 Å². The molecule has 6 nitrogen and oxygen atoms in total. The molecular weight excluding hydrogens is 358 g/mol. The molecule has 2 bridgehead atoms. The van der Waals surface area contributed by atoms with E-state index in [-0.39, 0.29) is 41.9 Å². The lowest BCUT2D eigenvalue weighted by Gasteiger charge is -2.50. The number of hydrogen-bond donors (Lipinski definition) is 2. The van der Waals surface area contributed by atoms with Gasteiger partial charge in [-0.2, -0.15) is 0 Å². The number of ketones is 1. The van der Waals surface area contributed by atoms with Gasteiger partial charge in [0, 0.05) is 11.8 Å². The van der Waals surface area contributed by atoms with Crippen molar-refractivity contribution in [3.05, 3.63) is 46.8 Å². The van der Waals surface area contributed by atoms with Gasteiger partial charge in [0.25, 0.3) is 5.91 Å². The molecule has 2 unspecified atom stereocenters. The molecule has 2 saturated heterocycles. The first kappa shape index (κ1) is 20.6. The first-order chi connectivity index (χ1) is 13.1. The SMILES string of the molecule is CC1=CCC2OC1(C)O[C@H]([C@H](C)/C=C(C)/C=C/C(O)=C1\C(=O)CNC1=O)[C@H]2C. The molecule has 0 aromatic heterocycles. The lowest BCUT2D eigenvalue weighted by atomic mass is 9.82. The lowest BCUT2D eigenvalue weighted by Crippen LogP contribution is -2.55. The van der Waals surface area contributed by atoms with E-state index >= 15 is 0 Å². The predicted molar refractivity (Wildman–Crippen MR) is 105 cm³/mol. The fourth-order valence-electron chi connectivity index (χ4n) is 4.10. The zero-order valence-corrected chi connectivity index (χ0v) is 17.1. The Morgan fingerprint density at radius 2 is 2.07 bits per heavy atom. The molecule has 152 valence electrons. The van der Waals surface area contributed by atoms with Crippen molar-refractivity contribution in [1.82, 2.24) is 5.32 Å². The van der Waals surface area contributed by atoms with Crippen molar-refractivity contribution in [3.63, 3.8) is 0 Å². The summed E-state index contributed by atoms with van der Waals surface area (Å²) < 4.78 is 12.5. The van der Waals surface area contributed by atoms with E-state index in [1.165, 1.54) is 6.08 Å². The number of Topliss-reactive ketones (excluding diaryl/α,β-unsaturated/α-hetero) is 1. The first-order valence-corrected chi connectivity index (χ1v) is 9.76. The van der Waals surface area contributed by atoms with Crippen LogP contribution in [-0.2, 0) is 19.1 Å². The van der Waals surface area contributed by atoms with Crippen LogP contribution in [0.2, 0.25) is 0 Å². The summed E-state index contributed by atoms with van der Waals surface area (Å²) in [4.78, 5) is 23.3. The maximum Gasteiger partial charge on any atom is 0.259 e. The molecule has 0 aliphatic carbocycles. The van der Waals surface area contributed by atoms with E-state index in [4.69, 9.17) is 9.47 Å². The van der Waals surface area contributed by atoms with E-state index < -0.39 is 17.5 Å². The minimum atomic E-state index is -0.676. The standard InChI is InChI=1S/C22H29NO5/c1-12(6-8-16(24)19-17(25)11-23-21(19)26)10-13(2)20-15(4)18-9-7-14(3)22(5,27-18)28-20/h6-8,10,13,15,18,20,24H,9,11H2,1-5H3,(H,23,26)/b8-6+,12-10+,19-16-/t13-,15+,18?,20-,22?/m1/s1. The van der Waals surface area contributed by atoms with Crippen LogP contribution in [0.25, 0.3) is 0 Å². The number of ether oxygens (including phenoxy) is 2. The number of aliphatic hydroxyl groups is 1. The van der Waals surface area contributed by atoms with Gasteiger partial charge in [0.05, 0.1) is 18.8 Å². The highest BCUT2D eigenvalue weighted by Crippen LogP contribution is 2.43. The van der Waals surface area contributed by atoms with E-state index in [1.54, 1.807) is 6.08 Å². The number of nitrogens with one attached hydrogen (secondary N) is 1. The maximum atomic E-state index is 11.7. The largest absolute Gasteiger partial charge is 0.507 e. The maximum absolute atomic E-state index is 11.7. The highest BCUT2D eigenvalue weighted by molar-refractivity contribution is 6.25. The first-order valence-electron chi connectivity index (χ1n) is 9.76. The molecule has 0 radical (unpaired) electrons. The molecule has 2 fully saturated rings. The third-order valence-electron chi connectivity index (χ3n) is 5.93. The van der Waals surface area contributed by atoms with Gasteiger partial charge >= 0.3 is 0 Å². The molecule has 1 amide bonds. The number of allylic oxidation sites excluding steroid dienone is 3. The van der Waals surface area contributed by atoms with Crippen molar-refractivity contribution < 1.29 is 24.2 Å². The molecule has 3 aliphatic rings. The second-order valence-corrected chi connectivity index (χ2v) is 8.14. The van der Waals surface area contributed by atoms with Crippen LogP contribution in [0.4, 0.5) is 0 Å². The van der Waals surface area contributed by atoms with Crippen LogP contribution in [0.15, 0.2) is 46.8 Å². The van der Waals surface area contributed by atoms with E-state index in [9.17, 15) is 14.7 Å². The lowest BCUT2D eigenvalue weighted by molar-refractivity contribution is -0.318. The van der Waals surface area contributed by atoms with Crippen LogP contribution >= 0.6 is 0 Å². The second-order valence-electron chi connectivity index (χ2n) is 8.14. The van der Waals surface area contributed by atoms with Crippen LogP contribution in [-0.4, -0.2) is 41.3 Å². The molecule has 6 heteroatoms. The van der Waals surface area contributed by atoms with Crippen LogP contribution in [0, 0.1) is 11.8 Å². The highest BCUT2D eigenvalue weighted by Gasteiger charge is 2.47. The van der Waals surface area contributed by atoms with Gasteiger partial charge in [-0.1, -0.05) is 37.6 Å². The third-order valence-corrected chi connectivity index (χ3v) is 5.93. The van der Waals surface area contributed by atoms with Crippen LogP contribution in [0.5, 0.6) is 0 Å². The van der Waals surface area contributed by atoms with Gasteiger partial charge in [-0.15, -0.1) is 0 Å². The Morgan fingerprint density at radius 1 is 1.36 bits per heavy atom. The smallest absolute Gasteiger partial charge is 0.259 e. The topological polar surface area (TPSA) is 84.9 Å². The number of aliphatic hydroxyl groups excluding tert-OH is 1. The molecule has 28 heavy (non-hydrogen) atoms. The minimum absolute atomic E-state index is 0.00453. The van der Waals surface area contributed by atoms with E-state index in [0.29, 0.717) is 0 Å². The summed E-state index contributed by atoms with van der Waals surface area (Å²) in [6.07, 6.45) is 8.42. The Morgan fingerprint density at radius 3 is 2.71 bits per heavy atom. The number of fused-ring (bicyclic) bond motifs is 2. The Hall–Kier alpha value is -2.18. The summed E-state index contributed by atoms with van der Waals surface area (Å²) in [5.41, 5.74) is 1.83. The molecule has 0 saturated carbocycles. The van der Waals surface area contributed by atoms with Gasteiger partial charge in [-0.05, 0) is 38.8 Å². The Balaban J connectivity index is 1.74. The number of amides is 1. The Bertz CT molecular complexity index is 788. The summed E-state index contributed by atoms with van der Waals surface area (Å²) in [5, 5.41) is 12.5. The van der Waals surface area contributed by atoms with E-state index in [0.717, 1.165) is 17.6 Å². The quantitative estimate of drug-likeness (QED) is 0.255. The Kier molecular flexibility index (Phi) is 5.64. The van der Waals surface area contributed by atoms with Gasteiger partial charge in [-0.3, -0.25) is 9.59 Å². The Labute approximate surface area is 166 Å². The van der Waals surface area contributed by atoms with Gasteiger partial charge in [-0.25, -0.2) is 0 Å². The zero-order chi connectivity index (χ0) is 20.6. The van der Waals surface area contributed by atoms with Gasteiger partial charge < -0.3 is 19.9 Å². The zero-order valence-electron chi connectivity index (χ0n) is 17.1. The van der Waals surface area contributed by atoms with Crippen LogP contribution in [0.1, 0.15) is 41.0 Å². The van der Waals surface area contributed by atoms with Crippen molar-refractivity contribution in [2.75, 3.05) is 6.54 Å². The molecule has 5 atom stereocenters. The number of rotatable bonds is 4. The van der Waals surface area contributed by atoms with Crippen molar-refractivity contribution in [3.8, 4) is 0 Å². The van der Waals surface area contributed by atoms with Crippen molar-refractivity contribution in [2.24, 2.45) is 11.8 Å². The normalized spacial score (nSPS) is 36.4. The molecule has 3 aliphatic heterocycles. The molecule has 0 aromatic rings. The second kappa shape index (κ2) is 7.68. The van der Waals surface area contributed by atoms with E-state index in [1.807, 2.05) is 20.8 Å². The molecule has 3 heterocycles. The summed E-state index contributed by atoms with van der Waals surface area (Å²) >= 11 is 0. The summed E-state index contributed by atoms with van der Waals surface area (Å²) in [6, 6.07) is 0. The van der Waals surface area contributed by atoms with E-state index in [2.05, 4.69) is 31.3 Å². The predicted octanol–water partition coefficient (Wildman–Crippen LogP) is 3.12. The average molecular weight is 387 g/mol. The van der Waals surface area contributed by atoms with Crippen molar-refractivity contribution in [1.29, 1.82) is 0 Å². The fraction of sp³-hybridized carbons (Fsp3) is 0.545. The highest BCUT2D eigenvalue weighted by atomic mass is 16.7. The minimum Gasteiger partial charge on any atom is -0.507 e. The molecular formula is C22H29NO5. The molecule has 0 aromatic carbocycles. The third kappa shape index (κ3) is 3.84. The van der Waals surface area contributed by atoms with Crippen molar-refractivity contribution >= 4 is 11.7 Å². The average Bonchev–Trinajstić information content (AvgIpc) is 2.97. The fourth-order valence-corrected chi connectivity index (χ4v) is 4.10. The number of hydrogen-bond acceptors (Lipinski definition) is 5. The molecule has 0 spiro atoms. The van der Waals surface area contributed by atoms with Crippen molar-refractivity contribution in [2.45, 2.75) is 59.0 Å². The van der Waals surface area contributed by atoms with Gasteiger partial charge in [0.2, 0.25) is 0 Å². The monoisotopic (exact) mass is 387 g/mol. The van der Waals surface area contributed by atoms with Gasteiger partial charge in [0.1, 0.15) is 11.3 Å². The van der Waals surface area contributed by atoms with Gasteiger partial charge in [0.15, 0.2) is 11.6 Å². The summed E-state index contributed by atoms with van der Waals surface area (Å²) in [7, 11) is 0. The van der Waals surface area contributed by atoms with Crippen LogP contribution in [0.3, 0.4) is 0 Å². The number of carbonyl (C=O) groups excluding carboxylic acids is 2. The summed E-state index contributed by atoms with van der Waals surface area (Å²) in [5.74, 6) is -1.54. The molecule has 3 rings (SSSR count). The number of carbonyl (C=O) groups is 2. The summed E-state index contributed by atoms with van der Waals surface area (Å²) in [6.45, 7) is 10.1.